The maximum absolute atomic E-state index is 5.26. The zero-order chi connectivity index (χ0) is 15.2. The summed E-state index contributed by atoms with van der Waals surface area (Å²) in [5.74, 6) is 0.932. The van der Waals surface area contributed by atoms with E-state index in [1.165, 1.54) is 0 Å². The molecule has 0 radical (unpaired) electrons. The van der Waals surface area contributed by atoms with E-state index in [4.69, 9.17) is 4.84 Å². The predicted octanol–water partition coefficient (Wildman–Crippen LogP) is 1.53. The fourth-order valence-corrected chi connectivity index (χ4v) is 2.38. The van der Waals surface area contributed by atoms with Crippen LogP contribution in [-0.2, 0) is 4.84 Å². The van der Waals surface area contributed by atoms with Gasteiger partial charge >= 0.3 is 0 Å². The smallest absolute Gasteiger partial charge is 0.175 e. The first-order valence-corrected chi connectivity index (χ1v) is 7.42. The highest BCUT2D eigenvalue weighted by atomic mass is 16.6. The number of amidine groups is 1. The molecule has 0 atom stereocenters. The molecule has 0 saturated carbocycles. The molecule has 0 spiro atoms. The third-order valence-corrected chi connectivity index (χ3v) is 3.90. The number of likely N-dealkylation sites (N-methyl/N-ethyl adjacent to an activating group) is 2. The first-order valence-electron chi connectivity index (χ1n) is 7.42. The second kappa shape index (κ2) is 7.43. The number of nitrogens with zero attached hydrogens (tertiary/aromatic N) is 4. The molecular formula is C16H26N4O. The number of oxime groups is 1. The molecule has 0 bridgehead atoms. The Bertz CT molecular complexity index is 459. The first kappa shape index (κ1) is 15.8. The molecule has 0 aromatic rings. The van der Waals surface area contributed by atoms with Gasteiger partial charge in [0.05, 0.1) is 6.67 Å². The van der Waals surface area contributed by atoms with Crippen molar-refractivity contribution >= 4 is 5.84 Å². The van der Waals surface area contributed by atoms with Crippen molar-refractivity contribution in [2.75, 3.05) is 53.5 Å². The molecule has 2 aliphatic rings. The monoisotopic (exact) mass is 290 g/mol. The minimum atomic E-state index is 0.545. The highest BCUT2D eigenvalue weighted by molar-refractivity contribution is 5.99. The highest BCUT2D eigenvalue weighted by Crippen LogP contribution is 2.13. The van der Waals surface area contributed by atoms with Crippen molar-refractivity contribution in [3.63, 3.8) is 0 Å². The van der Waals surface area contributed by atoms with E-state index >= 15 is 0 Å². The molecule has 2 heterocycles. The summed E-state index contributed by atoms with van der Waals surface area (Å²) < 4.78 is 0. The van der Waals surface area contributed by atoms with Crippen LogP contribution >= 0.6 is 0 Å². The van der Waals surface area contributed by atoms with Crippen LogP contribution in [-0.4, -0.2) is 74.1 Å². The van der Waals surface area contributed by atoms with Gasteiger partial charge in [-0.15, -0.1) is 0 Å². The molecule has 21 heavy (non-hydrogen) atoms. The van der Waals surface area contributed by atoms with E-state index in [0.717, 1.165) is 49.8 Å². The molecular weight excluding hydrogens is 264 g/mol. The van der Waals surface area contributed by atoms with Crippen LogP contribution in [0.2, 0.25) is 0 Å². The zero-order valence-corrected chi connectivity index (χ0v) is 13.4. The average Bonchev–Trinajstić information content (AvgIpc) is 2.95. The summed E-state index contributed by atoms with van der Waals surface area (Å²) in [7, 11) is 4.24. The van der Waals surface area contributed by atoms with Crippen molar-refractivity contribution in [3.05, 3.63) is 36.0 Å². The van der Waals surface area contributed by atoms with E-state index in [-0.39, 0.29) is 0 Å². The quantitative estimate of drug-likeness (QED) is 0.735. The maximum Gasteiger partial charge on any atom is 0.175 e. The lowest BCUT2D eigenvalue weighted by molar-refractivity contribution is 0.120. The fraction of sp³-hybridized carbons (Fsp3) is 0.562. The molecule has 0 aliphatic carbocycles. The van der Waals surface area contributed by atoms with Gasteiger partial charge in [0.25, 0.3) is 0 Å². The Hall–Kier alpha value is -1.59. The Labute approximate surface area is 127 Å². The van der Waals surface area contributed by atoms with Crippen LogP contribution in [0.25, 0.3) is 0 Å². The minimum Gasteiger partial charge on any atom is -0.389 e. The third-order valence-electron chi connectivity index (χ3n) is 3.90. The van der Waals surface area contributed by atoms with Gasteiger partial charge in [0.2, 0.25) is 0 Å². The number of piperazine rings is 1. The Morgan fingerprint density at radius 2 is 2.10 bits per heavy atom. The fourth-order valence-electron chi connectivity index (χ4n) is 2.38. The molecule has 0 aromatic carbocycles. The largest absolute Gasteiger partial charge is 0.389 e. The van der Waals surface area contributed by atoms with Gasteiger partial charge < -0.3 is 14.6 Å². The van der Waals surface area contributed by atoms with Gasteiger partial charge in [-0.05, 0) is 14.0 Å². The van der Waals surface area contributed by atoms with Gasteiger partial charge in [-0.2, -0.15) is 0 Å². The van der Waals surface area contributed by atoms with Crippen LogP contribution in [0.1, 0.15) is 6.92 Å². The normalized spacial score (nSPS) is 23.1. The number of hydrogen-bond donors (Lipinski definition) is 0. The van der Waals surface area contributed by atoms with Crippen molar-refractivity contribution in [1.82, 2.24) is 14.7 Å². The van der Waals surface area contributed by atoms with Crippen molar-refractivity contribution in [2.45, 2.75) is 6.92 Å². The van der Waals surface area contributed by atoms with Gasteiger partial charge in [0.15, 0.2) is 5.84 Å². The molecule has 2 rings (SSSR count). The number of hydrogen-bond acceptors (Lipinski definition) is 5. The van der Waals surface area contributed by atoms with Crippen LogP contribution < -0.4 is 0 Å². The first-order chi connectivity index (χ1) is 10.1. The van der Waals surface area contributed by atoms with Gasteiger partial charge in [-0.25, -0.2) is 0 Å². The van der Waals surface area contributed by atoms with E-state index in [0.29, 0.717) is 6.61 Å². The Kier molecular flexibility index (Phi) is 5.59. The van der Waals surface area contributed by atoms with Gasteiger partial charge in [-0.3, -0.25) is 4.90 Å². The molecule has 0 N–H and O–H groups in total. The van der Waals surface area contributed by atoms with Gasteiger partial charge in [0, 0.05) is 38.8 Å². The molecule has 116 valence electrons. The van der Waals surface area contributed by atoms with E-state index in [9.17, 15) is 0 Å². The predicted molar refractivity (Wildman–Crippen MR) is 87.1 cm³/mol. The molecule has 2 aliphatic heterocycles. The molecule has 0 unspecified atom stereocenters. The number of allylic oxidation sites excluding steroid dienone is 4. The van der Waals surface area contributed by atoms with E-state index in [2.05, 4.69) is 52.7 Å². The van der Waals surface area contributed by atoms with Crippen LogP contribution in [0.4, 0.5) is 0 Å². The number of rotatable bonds is 4. The second-order valence-electron chi connectivity index (χ2n) is 5.76. The highest BCUT2D eigenvalue weighted by Gasteiger charge is 2.22. The van der Waals surface area contributed by atoms with Crippen molar-refractivity contribution in [2.24, 2.45) is 5.16 Å². The Morgan fingerprint density at radius 1 is 1.38 bits per heavy atom. The summed E-state index contributed by atoms with van der Waals surface area (Å²) in [6.45, 7) is 11.7. The summed E-state index contributed by atoms with van der Waals surface area (Å²) in [4.78, 5) is 12.2. The summed E-state index contributed by atoms with van der Waals surface area (Å²) in [6.07, 6.45) is 5.97. The van der Waals surface area contributed by atoms with Crippen LogP contribution in [0, 0.1) is 0 Å². The van der Waals surface area contributed by atoms with Gasteiger partial charge in [-0.1, -0.05) is 35.5 Å². The van der Waals surface area contributed by atoms with Crippen LogP contribution in [0.3, 0.4) is 0 Å². The van der Waals surface area contributed by atoms with Crippen LogP contribution in [0.15, 0.2) is 41.1 Å². The molecule has 1 saturated heterocycles. The summed E-state index contributed by atoms with van der Waals surface area (Å²) >= 11 is 0. The van der Waals surface area contributed by atoms with Crippen molar-refractivity contribution in [1.29, 1.82) is 0 Å². The lowest BCUT2D eigenvalue weighted by Gasteiger charge is -2.35. The minimum absolute atomic E-state index is 0.545. The van der Waals surface area contributed by atoms with E-state index in [1.54, 1.807) is 0 Å². The lowest BCUT2D eigenvalue weighted by atomic mass is 10.2. The molecule has 1 fully saturated rings. The zero-order valence-electron chi connectivity index (χ0n) is 13.4. The standard InChI is InChI=1S/C16H26N4O/c1-5-14(2)6-7-15-12-21-17-16(15)19(4)13-20-10-8-18(3)9-11-20/h5-7H,1,8-13H2,2-4H3/b14-6-,15-7?. The van der Waals surface area contributed by atoms with E-state index < -0.39 is 0 Å². The van der Waals surface area contributed by atoms with Gasteiger partial charge in [0.1, 0.15) is 6.61 Å². The lowest BCUT2D eigenvalue weighted by Crippen LogP contribution is -2.49. The SMILES string of the molecule is C=C/C(C)=C\C=C1CON=C1N(C)CN1CCN(C)CC1. The average molecular weight is 290 g/mol. The second-order valence-corrected chi connectivity index (χ2v) is 5.76. The topological polar surface area (TPSA) is 31.3 Å². The summed E-state index contributed by atoms with van der Waals surface area (Å²) in [5.41, 5.74) is 2.25. The molecule has 5 nitrogen and oxygen atoms in total. The maximum atomic E-state index is 5.26. The third kappa shape index (κ3) is 4.44. The summed E-state index contributed by atoms with van der Waals surface area (Å²) in [6, 6.07) is 0. The van der Waals surface area contributed by atoms with Crippen LogP contribution in [0.5, 0.6) is 0 Å². The van der Waals surface area contributed by atoms with Crippen molar-refractivity contribution in [3.8, 4) is 0 Å². The van der Waals surface area contributed by atoms with Crippen molar-refractivity contribution < 1.29 is 4.84 Å². The molecule has 0 amide bonds. The van der Waals surface area contributed by atoms with E-state index in [1.807, 2.05) is 13.0 Å². The Morgan fingerprint density at radius 3 is 2.76 bits per heavy atom. The Balaban J connectivity index is 1.94. The summed E-state index contributed by atoms with van der Waals surface area (Å²) in [5, 5.41) is 4.18. The molecule has 0 aromatic heterocycles. The molecule has 5 heteroatoms.